The Morgan fingerprint density at radius 3 is 2.14 bits per heavy atom. The molecule has 1 aliphatic rings. The maximum Gasteiger partial charge on any atom is 0.255 e. The van der Waals surface area contributed by atoms with E-state index in [4.69, 9.17) is 5.73 Å². The van der Waals surface area contributed by atoms with Gasteiger partial charge in [0.15, 0.2) is 5.78 Å². The Kier molecular flexibility index (Phi) is 9.23. The van der Waals surface area contributed by atoms with Gasteiger partial charge in [0, 0.05) is 51.4 Å². The second-order valence-corrected chi connectivity index (χ2v) is 13.3. The van der Waals surface area contributed by atoms with Gasteiger partial charge in [-0.2, -0.15) is 0 Å². The van der Waals surface area contributed by atoms with Crippen molar-refractivity contribution in [1.29, 1.82) is 0 Å². The molecule has 1 aromatic rings. The number of hydrogen-bond donors (Lipinski definition) is 3. The van der Waals surface area contributed by atoms with Crippen LogP contribution in [0.4, 0.5) is 0 Å². The molecule has 0 saturated heterocycles. The summed E-state index contributed by atoms with van der Waals surface area (Å²) in [7, 11) is 0. The quantitative estimate of drug-likeness (QED) is 0.391. The molecule has 4 N–H and O–H groups in total. The molecule has 0 atom stereocenters. The lowest BCUT2D eigenvalue weighted by Crippen LogP contribution is -2.35. The maximum atomic E-state index is 13.4. The van der Waals surface area contributed by atoms with E-state index in [9.17, 15) is 9.59 Å². The fourth-order valence-electron chi connectivity index (χ4n) is 3.63. The molecule has 0 aromatic heterocycles. The van der Waals surface area contributed by atoms with E-state index in [1.807, 2.05) is 20.8 Å². The average Bonchev–Trinajstić information content (AvgIpc) is 2.88. The molecule has 192 valence electrons. The molecule has 2 rings (SSSR count). The zero-order chi connectivity index (χ0) is 26.6. The van der Waals surface area contributed by atoms with Gasteiger partial charge in [-0.05, 0) is 56.0 Å². The fourth-order valence-corrected chi connectivity index (χ4v) is 4.51. The summed E-state index contributed by atoms with van der Waals surface area (Å²) >= 11 is 1.67. The minimum absolute atomic E-state index is 0.0111. The zero-order valence-corrected chi connectivity index (χ0v) is 23.7. The number of thioether (sulfide) groups is 1. The summed E-state index contributed by atoms with van der Waals surface area (Å²) in [5, 5.41) is 6.79. The van der Waals surface area contributed by atoms with Crippen LogP contribution in [0.5, 0.6) is 0 Å². The van der Waals surface area contributed by atoms with Crippen LogP contribution in [-0.2, 0) is 0 Å². The highest BCUT2D eigenvalue weighted by molar-refractivity contribution is 8.03. The van der Waals surface area contributed by atoms with Crippen LogP contribution in [-0.4, -0.2) is 29.5 Å². The predicted octanol–water partition coefficient (Wildman–Crippen LogP) is 6.20. The van der Waals surface area contributed by atoms with E-state index in [2.05, 4.69) is 64.3 Å². The number of nitrogens with one attached hydrogen (secondary N) is 2. The molecule has 1 aromatic carbocycles. The molecule has 35 heavy (non-hydrogen) atoms. The molecule has 0 radical (unpaired) electrons. The van der Waals surface area contributed by atoms with E-state index >= 15 is 0 Å². The van der Waals surface area contributed by atoms with Crippen molar-refractivity contribution < 1.29 is 9.59 Å². The number of carbonyl (C=O) groups is 2. The van der Waals surface area contributed by atoms with E-state index < -0.39 is 5.41 Å². The molecule has 6 heteroatoms. The summed E-state index contributed by atoms with van der Waals surface area (Å²) in [6.07, 6.45) is 4.96. The highest BCUT2D eigenvalue weighted by atomic mass is 32.2. The van der Waals surface area contributed by atoms with Crippen LogP contribution in [0.2, 0.25) is 0 Å². The highest BCUT2D eigenvalue weighted by Gasteiger charge is 2.26. The molecule has 0 saturated carbocycles. The van der Waals surface area contributed by atoms with Crippen molar-refractivity contribution in [3.05, 3.63) is 69.4 Å². The zero-order valence-electron chi connectivity index (χ0n) is 22.9. The van der Waals surface area contributed by atoms with E-state index in [0.29, 0.717) is 24.1 Å². The van der Waals surface area contributed by atoms with Crippen LogP contribution in [0.15, 0.2) is 58.3 Å². The van der Waals surface area contributed by atoms with Crippen LogP contribution in [0.25, 0.3) is 0 Å². The van der Waals surface area contributed by atoms with E-state index in [1.54, 1.807) is 36.0 Å². The van der Waals surface area contributed by atoms with Gasteiger partial charge in [0.05, 0.1) is 5.70 Å². The lowest BCUT2D eigenvalue weighted by atomic mass is 9.85. The van der Waals surface area contributed by atoms with Crippen molar-refractivity contribution in [2.45, 2.75) is 74.3 Å². The molecule has 0 fully saturated rings. The van der Waals surface area contributed by atoms with E-state index in [1.165, 1.54) is 0 Å². The fraction of sp³-hybridized carbons (Fsp3) is 0.517. The van der Waals surface area contributed by atoms with Crippen molar-refractivity contribution >= 4 is 23.5 Å². The van der Waals surface area contributed by atoms with Gasteiger partial charge in [-0.15, -0.1) is 11.8 Å². The Balaban J connectivity index is 2.50. The van der Waals surface area contributed by atoms with Gasteiger partial charge < -0.3 is 16.4 Å². The first-order valence-corrected chi connectivity index (χ1v) is 13.2. The number of rotatable bonds is 7. The number of amides is 1. The summed E-state index contributed by atoms with van der Waals surface area (Å²) < 4.78 is 0. The van der Waals surface area contributed by atoms with Crippen molar-refractivity contribution in [1.82, 2.24) is 10.6 Å². The second-order valence-electron chi connectivity index (χ2n) is 12.2. The van der Waals surface area contributed by atoms with Crippen molar-refractivity contribution in [2.24, 2.45) is 16.6 Å². The second kappa shape index (κ2) is 11.2. The Hall–Kier alpha value is -2.31. The molecular formula is C29H43N3O2S. The molecule has 0 spiro atoms. The van der Waals surface area contributed by atoms with Crippen LogP contribution in [0.3, 0.4) is 0 Å². The van der Waals surface area contributed by atoms with Crippen LogP contribution in [0, 0.1) is 10.8 Å². The molecule has 1 aliphatic carbocycles. The first-order chi connectivity index (χ1) is 16.0. The van der Waals surface area contributed by atoms with Gasteiger partial charge >= 0.3 is 0 Å². The third-order valence-electron chi connectivity index (χ3n) is 5.39. The number of hydrogen-bond acceptors (Lipinski definition) is 5. The normalized spacial score (nSPS) is 15.3. The maximum absolute atomic E-state index is 13.4. The Morgan fingerprint density at radius 1 is 0.971 bits per heavy atom. The summed E-state index contributed by atoms with van der Waals surface area (Å²) in [5.41, 5.74) is 9.13. The topological polar surface area (TPSA) is 84.2 Å². The van der Waals surface area contributed by atoms with Crippen molar-refractivity contribution in [2.75, 3.05) is 12.3 Å². The van der Waals surface area contributed by atoms with Crippen LogP contribution in [0.1, 0.15) is 89.5 Å². The van der Waals surface area contributed by atoms with Gasteiger partial charge in [-0.1, -0.05) is 53.7 Å². The predicted molar refractivity (Wildman–Crippen MR) is 149 cm³/mol. The number of carbonyl (C=O) groups excluding carboxylic acids is 2. The molecule has 0 unspecified atom stereocenters. The van der Waals surface area contributed by atoms with Gasteiger partial charge in [0.25, 0.3) is 5.91 Å². The molecular weight excluding hydrogens is 454 g/mol. The first kappa shape index (κ1) is 28.9. The number of allylic oxidation sites excluding steroid dienone is 4. The summed E-state index contributed by atoms with van der Waals surface area (Å²) in [6, 6.07) is 6.97. The summed E-state index contributed by atoms with van der Waals surface area (Å²) in [4.78, 5) is 27.2. The third-order valence-corrected chi connectivity index (χ3v) is 6.55. The molecule has 0 heterocycles. The minimum Gasteiger partial charge on any atom is -0.383 e. The van der Waals surface area contributed by atoms with Gasteiger partial charge in [-0.3, -0.25) is 9.59 Å². The number of ketones is 1. The highest BCUT2D eigenvalue weighted by Crippen LogP contribution is 2.36. The van der Waals surface area contributed by atoms with Crippen LogP contribution >= 0.6 is 11.8 Å². The third kappa shape index (κ3) is 8.69. The lowest BCUT2D eigenvalue weighted by molar-refractivity contribution is 0.0858. The van der Waals surface area contributed by atoms with Crippen LogP contribution < -0.4 is 16.4 Å². The summed E-state index contributed by atoms with van der Waals surface area (Å²) in [5.74, 6) is 0.536. The number of Topliss-reactive ketones (excluding diaryl/α,β-unsaturated/α-hetero) is 1. The Morgan fingerprint density at radius 2 is 1.60 bits per heavy atom. The monoisotopic (exact) mass is 497 g/mol. The van der Waals surface area contributed by atoms with E-state index in [-0.39, 0.29) is 22.6 Å². The number of nitrogens with two attached hydrogens (primary N) is 1. The molecule has 1 amide bonds. The Labute approximate surface area is 216 Å². The molecule has 5 nitrogen and oxygen atoms in total. The molecule has 0 bridgehead atoms. The minimum atomic E-state index is -0.516. The smallest absolute Gasteiger partial charge is 0.255 e. The Bertz CT molecular complexity index is 1040. The van der Waals surface area contributed by atoms with Crippen molar-refractivity contribution in [3.63, 3.8) is 0 Å². The van der Waals surface area contributed by atoms with E-state index in [0.717, 1.165) is 27.6 Å². The van der Waals surface area contributed by atoms with Gasteiger partial charge in [0.2, 0.25) is 0 Å². The molecule has 0 aliphatic heterocycles. The standard InChI is InChI=1S/C29H43N3O2S/c1-27(2,3)21-16-22(32-29(7,8)9)18-24(35-14-13-30)23(17-21)31-26(34)20-12-10-11-19(15-20)25(33)28(4,5)6/h10-12,15-17,32H,13-14,18,30H2,1-9H3,(H,31,34). The van der Waals surface area contributed by atoms with Gasteiger partial charge in [-0.25, -0.2) is 0 Å². The summed E-state index contributed by atoms with van der Waals surface area (Å²) in [6.45, 7) is 19.1. The number of benzene rings is 1. The van der Waals surface area contributed by atoms with Crippen molar-refractivity contribution in [3.8, 4) is 0 Å². The first-order valence-electron chi connectivity index (χ1n) is 12.2. The largest absolute Gasteiger partial charge is 0.383 e. The SMILES string of the molecule is CC(C)(C)NC1=CC(C(C)(C)C)=CC(NC(=O)c2cccc(C(=O)C(C)(C)C)c2)=C(SCCN)C1. The van der Waals surface area contributed by atoms with Gasteiger partial charge in [0.1, 0.15) is 0 Å². The lowest BCUT2D eigenvalue weighted by Gasteiger charge is -2.26. The average molecular weight is 498 g/mol.